The van der Waals surface area contributed by atoms with Crippen molar-refractivity contribution in [3.8, 4) is 0 Å². The number of nitrogens with zero attached hydrogens (tertiary/aromatic N) is 5. The molecule has 9 heteroatoms. The molecule has 33 heavy (non-hydrogen) atoms. The van der Waals surface area contributed by atoms with Crippen molar-refractivity contribution in [2.24, 2.45) is 34.4 Å². The molecule has 1 aliphatic carbocycles. The van der Waals surface area contributed by atoms with Gasteiger partial charge in [0.1, 0.15) is 11.4 Å². The monoisotopic (exact) mass is 448 g/mol. The summed E-state index contributed by atoms with van der Waals surface area (Å²) >= 11 is 0. The Morgan fingerprint density at radius 1 is 1.24 bits per heavy atom. The van der Waals surface area contributed by atoms with Crippen LogP contribution in [0, 0.1) is 24.7 Å². The molecule has 0 spiro atoms. The maximum atomic E-state index is 6.14. The number of hydrogen-bond acceptors (Lipinski definition) is 7. The standard InChI is InChI=1S/C18H26N8O.C6H6/c1-10-3-4-25(7-10)13-5-11(2)16-21-17(23-26(16)8-13)18-6-12(9-27-18)14(18)15(19)22-24-20;1-2-4-6-5-3-1/h5,8,10,12,14,24H,3-4,6-7,9,20H2,1-2H3,(H2,19,22);1-6H. The van der Waals surface area contributed by atoms with Crippen molar-refractivity contribution in [2.75, 3.05) is 24.6 Å². The van der Waals surface area contributed by atoms with Gasteiger partial charge in [0.05, 0.1) is 24.4 Å². The molecule has 5 heterocycles. The molecule has 1 saturated carbocycles. The van der Waals surface area contributed by atoms with Crippen LogP contribution < -0.4 is 22.0 Å². The number of rotatable bonds is 4. The molecule has 3 saturated heterocycles. The maximum absolute atomic E-state index is 6.14. The number of anilines is 1. The first-order valence-electron chi connectivity index (χ1n) is 11.6. The van der Waals surface area contributed by atoms with Crippen LogP contribution in [-0.2, 0) is 10.3 Å². The number of aromatic nitrogens is 3. The highest BCUT2D eigenvalue weighted by molar-refractivity contribution is 5.85. The Morgan fingerprint density at radius 3 is 2.58 bits per heavy atom. The van der Waals surface area contributed by atoms with Crippen LogP contribution in [0.15, 0.2) is 53.8 Å². The summed E-state index contributed by atoms with van der Waals surface area (Å²) in [6.07, 6.45) is 4.17. The van der Waals surface area contributed by atoms with E-state index in [0.29, 0.717) is 24.2 Å². The number of fused-ring (bicyclic) bond motifs is 2. The number of hydrogen-bond donors (Lipinski definition) is 3. The minimum absolute atomic E-state index is 0.0369. The largest absolute Gasteiger partial charge is 0.385 e. The van der Waals surface area contributed by atoms with Crippen LogP contribution in [0.1, 0.15) is 31.2 Å². The lowest BCUT2D eigenvalue weighted by Gasteiger charge is -2.42. The normalized spacial score (nSPS) is 28.4. The molecule has 0 radical (unpaired) electrons. The third kappa shape index (κ3) is 3.81. The first-order valence-corrected chi connectivity index (χ1v) is 11.6. The number of ether oxygens (including phenoxy) is 1. The van der Waals surface area contributed by atoms with Crippen LogP contribution in [0.4, 0.5) is 5.69 Å². The second-order valence-electron chi connectivity index (χ2n) is 9.39. The van der Waals surface area contributed by atoms with Crippen LogP contribution in [0.5, 0.6) is 0 Å². The highest BCUT2D eigenvalue weighted by Gasteiger charge is 2.65. The SMILES string of the molecule is Cc1cc(N2CCC(C)C2)cn2nc(C34CC(CO3)C4/C(N)=N/NN)nc12.c1ccccc1. The average molecular weight is 449 g/mol. The number of benzene rings is 1. The lowest BCUT2D eigenvalue weighted by molar-refractivity contribution is -0.0379. The highest BCUT2D eigenvalue weighted by atomic mass is 16.5. The van der Waals surface area contributed by atoms with E-state index in [9.17, 15) is 0 Å². The molecular formula is C24H32N8O. The minimum atomic E-state index is -0.587. The van der Waals surface area contributed by atoms with E-state index in [0.717, 1.165) is 36.6 Å². The van der Waals surface area contributed by atoms with Gasteiger partial charge in [-0.3, -0.25) is 0 Å². The van der Waals surface area contributed by atoms with E-state index in [4.69, 9.17) is 26.4 Å². The maximum Gasteiger partial charge on any atom is 0.184 e. The molecule has 3 aromatic rings. The van der Waals surface area contributed by atoms with Crippen LogP contribution in [0.25, 0.3) is 5.65 Å². The molecule has 9 nitrogen and oxygen atoms in total. The lowest BCUT2D eigenvalue weighted by atomic mass is 9.63. The fraction of sp³-hybridized carbons (Fsp3) is 0.458. The summed E-state index contributed by atoms with van der Waals surface area (Å²) in [5, 5.41) is 8.78. The summed E-state index contributed by atoms with van der Waals surface area (Å²) in [4.78, 5) is 7.24. The molecule has 4 fully saturated rings. The number of aryl methyl sites for hydroxylation is 1. The second kappa shape index (κ2) is 8.64. The van der Waals surface area contributed by atoms with E-state index in [2.05, 4.69) is 41.6 Å². The van der Waals surface area contributed by atoms with Crippen LogP contribution in [0.3, 0.4) is 0 Å². The Bertz CT molecular complexity index is 1120. The fourth-order valence-corrected chi connectivity index (χ4v) is 5.37. The van der Waals surface area contributed by atoms with E-state index in [1.165, 1.54) is 12.1 Å². The summed E-state index contributed by atoms with van der Waals surface area (Å²) in [7, 11) is 0. The van der Waals surface area contributed by atoms with Gasteiger partial charge in [-0.25, -0.2) is 20.9 Å². The van der Waals surface area contributed by atoms with E-state index in [1.807, 2.05) is 40.9 Å². The summed E-state index contributed by atoms with van der Waals surface area (Å²) in [6, 6.07) is 14.2. The third-order valence-corrected chi connectivity index (χ3v) is 7.04. The molecule has 7 rings (SSSR count). The van der Waals surface area contributed by atoms with Crippen LogP contribution in [-0.4, -0.2) is 40.1 Å². The van der Waals surface area contributed by atoms with Gasteiger partial charge in [0.2, 0.25) is 0 Å². The molecule has 3 aliphatic heterocycles. The van der Waals surface area contributed by atoms with Gasteiger partial charge in [0.15, 0.2) is 11.5 Å². The molecule has 4 atom stereocenters. The van der Waals surface area contributed by atoms with Gasteiger partial charge >= 0.3 is 0 Å². The third-order valence-electron chi connectivity index (χ3n) is 7.04. The van der Waals surface area contributed by atoms with Crippen molar-refractivity contribution >= 4 is 17.2 Å². The summed E-state index contributed by atoms with van der Waals surface area (Å²) in [6.45, 7) is 7.20. The smallest absolute Gasteiger partial charge is 0.184 e. The average Bonchev–Trinajstić information content (AvgIpc) is 3.58. The molecule has 0 amide bonds. The number of nitrogens with one attached hydrogen (secondary N) is 1. The highest BCUT2D eigenvalue weighted by Crippen LogP contribution is 2.58. The number of hydrazone groups is 1. The quantitative estimate of drug-likeness (QED) is 0.242. The summed E-state index contributed by atoms with van der Waals surface area (Å²) in [5.41, 5.74) is 11.0. The van der Waals surface area contributed by atoms with Crippen molar-refractivity contribution in [2.45, 2.75) is 32.3 Å². The van der Waals surface area contributed by atoms with Crippen LogP contribution >= 0.6 is 0 Å². The molecule has 4 unspecified atom stereocenters. The molecule has 174 valence electrons. The molecule has 2 aromatic heterocycles. The summed E-state index contributed by atoms with van der Waals surface area (Å²) < 4.78 is 8.00. The zero-order chi connectivity index (χ0) is 23.0. The van der Waals surface area contributed by atoms with Gasteiger partial charge in [0, 0.05) is 13.1 Å². The molecule has 2 bridgehead atoms. The van der Waals surface area contributed by atoms with E-state index < -0.39 is 5.60 Å². The summed E-state index contributed by atoms with van der Waals surface area (Å²) in [5.74, 6) is 7.48. The Morgan fingerprint density at radius 2 is 1.97 bits per heavy atom. The Balaban J connectivity index is 0.000000332. The van der Waals surface area contributed by atoms with Crippen molar-refractivity contribution in [1.82, 2.24) is 20.1 Å². The molecular weight excluding hydrogens is 416 g/mol. The fourth-order valence-electron chi connectivity index (χ4n) is 5.37. The minimum Gasteiger partial charge on any atom is -0.385 e. The topological polar surface area (TPSA) is 119 Å². The van der Waals surface area contributed by atoms with Gasteiger partial charge in [0.25, 0.3) is 0 Å². The number of hydrazine groups is 1. The van der Waals surface area contributed by atoms with Crippen molar-refractivity contribution in [3.05, 3.63) is 60.0 Å². The molecule has 4 aliphatic rings. The van der Waals surface area contributed by atoms with Crippen molar-refractivity contribution < 1.29 is 4.74 Å². The zero-order valence-electron chi connectivity index (χ0n) is 19.2. The Labute approximate surface area is 193 Å². The molecule has 1 aromatic carbocycles. The second-order valence-corrected chi connectivity index (χ2v) is 9.39. The Hall–Kier alpha value is -3.17. The zero-order valence-corrected chi connectivity index (χ0v) is 19.2. The van der Waals surface area contributed by atoms with E-state index in [1.54, 1.807) is 0 Å². The Kier molecular flexibility index (Phi) is 5.67. The lowest BCUT2D eigenvalue weighted by Crippen LogP contribution is -2.53. The van der Waals surface area contributed by atoms with Gasteiger partial charge in [-0.15, -0.1) is 5.10 Å². The van der Waals surface area contributed by atoms with E-state index in [-0.39, 0.29) is 5.92 Å². The van der Waals surface area contributed by atoms with Crippen molar-refractivity contribution in [3.63, 3.8) is 0 Å². The number of nitrogens with two attached hydrogens (primary N) is 2. The van der Waals surface area contributed by atoms with Crippen molar-refractivity contribution in [1.29, 1.82) is 0 Å². The first kappa shape index (κ1) is 21.7. The van der Waals surface area contributed by atoms with Gasteiger partial charge in [-0.1, -0.05) is 43.3 Å². The number of pyridine rings is 1. The van der Waals surface area contributed by atoms with E-state index >= 15 is 0 Å². The first-order chi connectivity index (χ1) is 16.0. The molecule has 5 N–H and O–H groups in total. The predicted molar refractivity (Wildman–Crippen MR) is 128 cm³/mol. The van der Waals surface area contributed by atoms with Gasteiger partial charge in [-0.05, 0) is 43.2 Å². The van der Waals surface area contributed by atoms with Gasteiger partial charge < -0.3 is 15.4 Å². The number of amidine groups is 1. The van der Waals surface area contributed by atoms with Gasteiger partial charge in [-0.2, -0.15) is 5.10 Å². The van der Waals surface area contributed by atoms with Crippen LogP contribution in [0.2, 0.25) is 0 Å². The predicted octanol–water partition coefficient (Wildman–Crippen LogP) is 2.17.